The summed E-state index contributed by atoms with van der Waals surface area (Å²) in [4.78, 5) is 67.1. The Bertz CT molecular complexity index is 1790. The number of ketones is 1. The summed E-state index contributed by atoms with van der Waals surface area (Å²) < 4.78 is 6.88. The van der Waals surface area contributed by atoms with Crippen LogP contribution in [0.3, 0.4) is 0 Å². The average molecular weight is 855 g/mol. The minimum Gasteiger partial charge on any atom is -0.423 e. The Morgan fingerprint density at radius 1 is 0.698 bits per heavy atom. The van der Waals surface area contributed by atoms with Crippen LogP contribution in [-0.4, -0.2) is 46.0 Å². The molecule has 0 bridgehead atoms. The largest absolute Gasteiger partial charge is 0.423 e. The molecule has 1 aliphatic rings. The summed E-state index contributed by atoms with van der Waals surface area (Å²) in [6.07, 6.45) is 0. The van der Waals surface area contributed by atoms with Gasteiger partial charge in [0.2, 0.25) is 0 Å². The van der Waals surface area contributed by atoms with Crippen LogP contribution in [0.5, 0.6) is 5.75 Å². The van der Waals surface area contributed by atoms with Crippen molar-refractivity contribution in [3.8, 4) is 5.75 Å². The molecule has 0 saturated heterocycles. The Morgan fingerprint density at radius 3 is 1.79 bits per heavy atom. The second-order valence-corrected chi connectivity index (χ2v) is 12.6. The molecule has 3 amide bonds. The Labute approximate surface area is 283 Å². The maximum atomic E-state index is 13.8. The molecule has 4 aromatic carbocycles. The Hall–Kier alpha value is -3.16. The zero-order valence-corrected chi connectivity index (χ0v) is 28.5. The van der Waals surface area contributed by atoms with E-state index in [2.05, 4.69) is 63.7 Å². The summed E-state index contributed by atoms with van der Waals surface area (Å²) in [5.74, 6) is -3.46. The maximum absolute atomic E-state index is 13.8. The van der Waals surface area contributed by atoms with Crippen LogP contribution in [0.25, 0.3) is 0 Å². The third-order valence-corrected chi connectivity index (χ3v) is 11.4. The lowest BCUT2D eigenvalue weighted by Crippen LogP contribution is -2.51. The highest BCUT2D eigenvalue weighted by molar-refractivity contribution is 9.15. The zero-order valence-electron chi connectivity index (χ0n) is 21.4. The van der Waals surface area contributed by atoms with Crippen LogP contribution in [0.15, 0.2) is 96.8 Å². The number of esters is 1. The number of hydrogen-bond acceptors (Lipinski definition) is 6. The summed E-state index contributed by atoms with van der Waals surface area (Å²) in [6, 6.07) is 20.2. The minimum absolute atomic E-state index is 0.000873. The fourth-order valence-electron chi connectivity index (χ4n) is 4.24. The van der Waals surface area contributed by atoms with Crippen LogP contribution in [0.4, 0.5) is 0 Å². The van der Waals surface area contributed by atoms with Gasteiger partial charge in [0.15, 0.2) is 5.78 Å². The van der Waals surface area contributed by atoms with Crippen molar-refractivity contribution in [2.24, 2.45) is 0 Å². The topological polar surface area (TPSA) is 101 Å². The number of rotatable bonds is 7. The molecule has 0 N–H and O–H groups in total. The summed E-state index contributed by atoms with van der Waals surface area (Å²) in [5, 5.41) is 1.48. The van der Waals surface area contributed by atoms with Crippen molar-refractivity contribution in [2.75, 3.05) is 6.54 Å². The number of nitrogens with zero attached hydrogens (tertiary/aromatic N) is 2. The molecule has 0 atom stereocenters. The highest BCUT2D eigenvalue weighted by Gasteiger charge is 2.46. The van der Waals surface area contributed by atoms with Gasteiger partial charge in [-0.25, -0.2) is 9.80 Å². The molecule has 13 heteroatoms. The highest BCUT2D eigenvalue weighted by Crippen LogP contribution is 2.45. The number of hydrazine groups is 1. The van der Waals surface area contributed by atoms with E-state index in [1.165, 1.54) is 36.4 Å². The minimum atomic E-state index is -0.841. The van der Waals surface area contributed by atoms with Gasteiger partial charge in [-0.3, -0.25) is 19.2 Å². The summed E-state index contributed by atoms with van der Waals surface area (Å²) in [6.45, 7) is -0.684. The molecule has 1 heterocycles. The van der Waals surface area contributed by atoms with Gasteiger partial charge >= 0.3 is 5.97 Å². The number of carbonyl (C=O) groups is 5. The summed E-state index contributed by atoms with van der Waals surface area (Å²) in [5.41, 5.74) is 0.481. The number of Topliss-reactive ketones (excluding diaryl/α,β-unsaturated/α-hetero) is 1. The van der Waals surface area contributed by atoms with E-state index in [1.807, 2.05) is 0 Å². The van der Waals surface area contributed by atoms with E-state index in [0.717, 1.165) is 5.01 Å². The first kappa shape index (κ1) is 31.3. The van der Waals surface area contributed by atoms with Crippen molar-refractivity contribution in [3.63, 3.8) is 0 Å². The van der Waals surface area contributed by atoms with Crippen LogP contribution in [-0.2, 0) is 0 Å². The lowest BCUT2D eigenvalue weighted by molar-refractivity contribution is 0.00527. The number of ether oxygens (including phenoxy) is 1. The molecule has 43 heavy (non-hydrogen) atoms. The Morgan fingerprint density at radius 2 is 1.23 bits per heavy atom. The molecule has 0 aromatic heterocycles. The first-order valence-corrected chi connectivity index (χ1v) is 15.8. The standard InChI is InChI=1S/C30H15Br4ClN2O6/c31-23-21-22(24(32)26(34)25(23)33)29(41)37(28(21)40)36(27(39)18-8-4-5-9-19(18)35)14-20(38)15-10-12-17(13-11-15)43-30(42)16-6-2-1-3-7-16/h1-13H,14H2. The van der Waals surface area contributed by atoms with Crippen molar-refractivity contribution in [3.05, 3.63) is 130 Å². The van der Waals surface area contributed by atoms with Gasteiger partial charge in [0.25, 0.3) is 17.7 Å². The number of carbonyl (C=O) groups excluding carboxylic acids is 5. The van der Waals surface area contributed by atoms with Crippen LogP contribution in [0.2, 0.25) is 5.02 Å². The number of benzene rings is 4. The number of fused-ring (bicyclic) bond motifs is 1. The van der Waals surface area contributed by atoms with Gasteiger partial charge in [-0.2, -0.15) is 5.01 Å². The summed E-state index contributed by atoms with van der Waals surface area (Å²) in [7, 11) is 0. The highest BCUT2D eigenvalue weighted by atomic mass is 79.9. The maximum Gasteiger partial charge on any atom is 0.343 e. The average Bonchev–Trinajstić information content (AvgIpc) is 3.27. The molecule has 4 aromatic rings. The van der Waals surface area contributed by atoms with Gasteiger partial charge in [0, 0.05) is 23.5 Å². The quantitative estimate of drug-likeness (QED) is 0.0465. The fourth-order valence-corrected chi connectivity index (χ4v) is 6.91. The molecule has 5 rings (SSSR count). The van der Waals surface area contributed by atoms with Crippen LogP contribution in [0, 0.1) is 0 Å². The Balaban J connectivity index is 1.47. The van der Waals surface area contributed by atoms with Crippen molar-refractivity contribution in [1.82, 2.24) is 10.0 Å². The monoisotopic (exact) mass is 850 g/mol. The van der Waals surface area contributed by atoms with Gasteiger partial charge in [0.1, 0.15) is 12.3 Å². The lowest BCUT2D eigenvalue weighted by atomic mass is 10.1. The van der Waals surface area contributed by atoms with Gasteiger partial charge in [-0.05, 0) is 112 Å². The van der Waals surface area contributed by atoms with Crippen LogP contribution >= 0.6 is 75.3 Å². The van der Waals surface area contributed by atoms with E-state index in [-0.39, 0.29) is 42.0 Å². The third-order valence-electron chi connectivity index (χ3n) is 6.35. The normalized spacial score (nSPS) is 12.3. The van der Waals surface area contributed by atoms with Crippen molar-refractivity contribution >= 4 is 105 Å². The molecule has 0 radical (unpaired) electrons. The van der Waals surface area contributed by atoms with Gasteiger partial charge in [-0.15, -0.1) is 0 Å². The molecular formula is C30H15Br4ClN2O6. The van der Waals surface area contributed by atoms with E-state index < -0.39 is 36.0 Å². The predicted octanol–water partition coefficient (Wildman–Crippen LogP) is 8.15. The van der Waals surface area contributed by atoms with Gasteiger partial charge < -0.3 is 4.74 Å². The first-order valence-electron chi connectivity index (χ1n) is 12.2. The van der Waals surface area contributed by atoms with E-state index in [0.29, 0.717) is 19.5 Å². The first-order chi connectivity index (χ1) is 20.5. The zero-order chi connectivity index (χ0) is 31.0. The molecule has 0 fully saturated rings. The molecule has 0 saturated carbocycles. The smallest absolute Gasteiger partial charge is 0.343 e. The third kappa shape index (κ3) is 5.99. The van der Waals surface area contributed by atoms with Gasteiger partial charge in [0.05, 0.1) is 27.3 Å². The molecular weight excluding hydrogens is 839 g/mol. The van der Waals surface area contributed by atoms with E-state index >= 15 is 0 Å². The lowest BCUT2D eigenvalue weighted by Gasteiger charge is -2.29. The second kappa shape index (κ2) is 12.8. The van der Waals surface area contributed by atoms with Crippen molar-refractivity contribution < 1.29 is 28.7 Å². The molecule has 0 spiro atoms. The molecule has 216 valence electrons. The predicted molar refractivity (Wildman–Crippen MR) is 172 cm³/mol. The van der Waals surface area contributed by atoms with Crippen molar-refractivity contribution in [2.45, 2.75) is 0 Å². The molecule has 8 nitrogen and oxygen atoms in total. The summed E-state index contributed by atoms with van der Waals surface area (Å²) >= 11 is 19.8. The number of halogens is 5. The van der Waals surface area contributed by atoms with Gasteiger partial charge in [-0.1, -0.05) is 41.9 Å². The molecule has 1 aliphatic heterocycles. The SMILES string of the molecule is O=C(CN(C(=O)c1ccccc1Cl)N1C(=O)c2c(Br)c(Br)c(Br)c(Br)c2C1=O)c1ccc(OC(=O)c2ccccc2)cc1. The van der Waals surface area contributed by atoms with Crippen LogP contribution in [0.1, 0.15) is 51.8 Å². The molecule has 0 aliphatic carbocycles. The number of amides is 3. The fraction of sp³-hybridized carbons (Fsp3) is 0.0333. The Kier molecular flexibility index (Phi) is 9.33. The molecule has 0 unspecified atom stereocenters. The van der Waals surface area contributed by atoms with E-state index in [4.69, 9.17) is 16.3 Å². The number of hydrogen-bond donors (Lipinski definition) is 0. The van der Waals surface area contributed by atoms with Crippen molar-refractivity contribution in [1.29, 1.82) is 0 Å². The van der Waals surface area contributed by atoms with Crippen LogP contribution < -0.4 is 4.74 Å². The second-order valence-electron chi connectivity index (χ2n) is 8.97. The van der Waals surface area contributed by atoms with E-state index in [9.17, 15) is 24.0 Å². The number of imide groups is 1. The van der Waals surface area contributed by atoms with E-state index in [1.54, 1.807) is 42.5 Å².